The Labute approximate surface area is 111 Å². The predicted octanol–water partition coefficient (Wildman–Crippen LogP) is 2.69. The van der Waals surface area contributed by atoms with Gasteiger partial charge in [-0.15, -0.1) is 0 Å². The standard InChI is InChI=1S/C13H19BrN2O/c14-12-4-3-10(8-13(12)15)9-16-6-5-11-2-1-7-17-11/h3-4,8,11,16H,1-2,5-7,9,15H2. The fourth-order valence-corrected chi connectivity index (χ4v) is 2.32. The van der Waals surface area contributed by atoms with Gasteiger partial charge in [-0.05, 0) is 59.4 Å². The molecule has 0 radical (unpaired) electrons. The van der Waals surface area contributed by atoms with Crippen molar-refractivity contribution in [3.8, 4) is 0 Å². The van der Waals surface area contributed by atoms with Crippen LogP contribution in [0.15, 0.2) is 22.7 Å². The monoisotopic (exact) mass is 298 g/mol. The van der Waals surface area contributed by atoms with Crippen LogP contribution in [0.1, 0.15) is 24.8 Å². The van der Waals surface area contributed by atoms with Crippen LogP contribution in [0.4, 0.5) is 5.69 Å². The quantitative estimate of drug-likeness (QED) is 0.649. The second kappa shape index (κ2) is 6.38. The Bertz CT molecular complexity index is 364. The summed E-state index contributed by atoms with van der Waals surface area (Å²) < 4.78 is 6.53. The van der Waals surface area contributed by atoms with Crippen molar-refractivity contribution >= 4 is 21.6 Å². The van der Waals surface area contributed by atoms with Crippen molar-refractivity contribution < 1.29 is 4.74 Å². The number of nitrogen functional groups attached to an aromatic ring is 1. The Morgan fingerprint density at radius 2 is 2.35 bits per heavy atom. The van der Waals surface area contributed by atoms with E-state index in [1.54, 1.807) is 0 Å². The molecule has 2 rings (SSSR count). The molecule has 1 saturated heterocycles. The van der Waals surface area contributed by atoms with E-state index in [2.05, 4.69) is 27.3 Å². The van der Waals surface area contributed by atoms with Crippen LogP contribution >= 0.6 is 15.9 Å². The average Bonchev–Trinajstić information content (AvgIpc) is 2.82. The third kappa shape index (κ3) is 3.98. The first-order valence-corrected chi connectivity index (χ1v) is 6.91. The van der Waals surface area contributed by atoms with E-state index in [-0.39, 0.29) is 0 Å². The molecule has 1 unspecified atom stereocenters. The molecule has 1 aliphatic rings. The van der Waals surface area contributed by atoms with E-state index in [0.717, 1.165) is 36.3 Å². The molecule has 3 nitrogen and oxygen atoms in total. The van der Waals surface area contributed by atoms with Crippen molar-refractivity contribution in [2.24, 2.45) is 0 Å². The normalized spacial score (nSPS) is 19.7. The summed E-state index contributed by atoms with van der Waals surface area (Å²) in [6, 6.07) is 6.08. The van der Waals surface area contributed by atoms with Gasteiger partial charge in [0.25, 0.3) is 0 Å². The van der Waals surface area contributed by atoms with Gasteiger partial charge in [0, 0.05) is 23.3 Å². The topological polar surface area (TPSA) is 47.3 Å². The molecule has 3 N–H and O–H groups in total. The molecule has 0 saturated carbocycles. The van der Waals surface area contributed by atoms with Gasteiger partial charge in [-0.25, -0.2) is 0 Å². The number of rotatable bonds is 5. The number of benzene rings is 1. The molecule has 0 aromatic heterocycles. The SMILES string of the molecule is Nc1cc(CNCCC2CCCO2)ccc1Br. The summed E-state index contributed by atoms with van der Waals surface area (Å²) >= 11 is 3.39. The maximum absolute atomic E-state index is 5.83. The molecule has 1 aliphatic heterocycles. The summed E-state index contributed by atoms with van der Waals surface area (Å²) in [5.74, 6) is 0. The van der Waals surface area contributed by atoms with Crippen LogP contribution in [0.2, 0.25) is 0 Å². The molecule has 1 aromatic carbocycles. The highest BCUT2D eigenvalue weighted by Gasteiger charge is 2.14. The summed E-state index contributed by atoms with van der Waals surface area (Å²) in [6.07, 6.45) is 4.00. The zero-order valence-electron chi connectivity index (χ0n) is 9.92. The Morgan fingerprint density at radius 3 is 3.06 bits per heavy atom. The van der Waals surface area contributed by atoms with Crippen molar-refractivity contribution in [1.82, 2.24) is 5.32 Å². The molecule has 17 heavy (non-hydrogen) atoms. The van der Waals surface area contributed by atoms with Crippen molar-refractivity contribution in [3.05, 3.63) is 28.2 Å². The molecule has 1 fully saturated rings. The molecule has 1 aromatic rings. The minimum Gasteiger partial charge on any atom is -0.398 e. The van der Waals surface area contributed by atoms with Gasteiger partial charge in [-0.2, -0.15) is 0 Å². The number of hydrogen-bond donors (Lipinski definition) is 2. The third-order valence-corrected chi connectivity index (χ3v) is 3.78. The van der Waals surface area contributed by atoms with Gasteiger partial charge < -0.3 is 15.8 Å². The molecule has 94 valence electrons. The van der Waals surface area contributed by atoms with E-state index in [1.807, 2.05) is 12.1 Å². The third-order valence-electron chi connectivity index (χ3n) is 3.06. The summed E-state index contributed by atoms with van der Waals surface area (Å²) in [5, 5.41) is 3.42. The highest BCUT2D eigenvalue weighted by atomic mass is 79.9. The van der Waals surface area contributed by atoms with Crippen molar-refractivity contribution in [3.63, 3.8) is 0 Å². The zero-order valence-corrected chi connectivity index (χ0v) is 11.5. The van der Waals surface area contributed by atoms with Crippen molar-refractivity contribution in [2.45, 2.75) is 31.9 Å². The van der Waals surface area contributed by atoms with E-state index >= 15 is 0 Å². The zero-order chi connectivity index (χ0) is 12.1. The molecule has 0 aliphatic carbocycles. The second-order valence-electron chi connectivity index (χ2n) is 4.46. The highest BCUT2D eigenvalue weighted by molar-refractivity contribution is 9.10. The van der Waals surface area contributed by atoms with Crippen LogP contribution in [-0.4, -0.2) is 19.3 Å². The Hall–Kier alpha value is -0.580. The fourth-order valence-electron chi connectivity index (χ4n) is 2.07. The van der Waals surface area contributed by atoms with Gasteiger partial charge in [0.15, 0.2) is 0 Å². The lowest BCUT2D eigenvalue weighted by Crippen LogP contribution is -2.19. The van der Waals surface area contributed by atoms with Crippen molar-refractivity contribution in [1.29, 1.82) is 0 Å². The van der Waals surface area contributed by atoms with Crippen LogP contribution in [0, 0.1) is 0 Å². The molecule has 0 amide bonds. The fraction of sp³-hybridized carbons (Fsp3) is 0.538. The molecule has 1 atom stereocenters. The van der Waals surface area contributed by atoms with Gasteiger partial charge >= 0.3 is 0 Å². The molecule has 0 spiro atoms. The summed E-state index contributed by atoms with van der Waals surface area (Å²) in [4.78, 5) is 0. The summed E-state index contributed by atoms with van der Waals surface area (Å²) in [7, 11) is 0. The number of nitrogens with two attached hydrogens (primary N) is 1. The number of halogens is 1. The Kier molecular flexibility index (Phi) is 4.83. The maximum Gasteiger partial charge on any atom is 0.0588 e. The van der Waals surface area contributed by atoms with E-state index < -0.39 is 0 Å². The summed E-state index contributed by atoms with van der Waals surface area (Å²) in [6.45, 7) is 2.80. The van der Waals surface area contributed by atoms with Gasteiger partial charge in [-0.1, -0.05) is 6.07 Å². The van der Waals surface area contributed by atoms with E-state index in [9.17, 15) is 0 Å². The first-order valence-electron chi connectivity index (χ1n) is 6.12. The molecular weight excluding hydrogens is 280 g/mol. The number of nitrogens with one attached hydrogen (secondary N) is 1. The Balaban J connectivity index is 1.68. The molecule has 1 heterocycles. The molecule has 4 heteroatoms. The molecular formula is C13H19BrN2O. The Morgan fingerprint density at radius 1 is 1.47 bits per heavy atom. The lowest BCUT2D eigenvalue weighted by Gasteiger charge is -2.10. The van der Waals surface area contributed by atoms with Crippen LogP contribution in [-0.2, 0) is 11.3 Å². The summed E-state index contributed by atoms with van der Waals surface area (Å²) in [5.41, 5.74) is 7.85. The van der Waals surface area contributed by atoms with E-state index in [0.29, 0.717) is 6.10 Å². The smallest absolute Gasteiger partial charge is 0.0588 e. The minimum absolute atomic E-state index is 0.470. The predicted molar refractivity (Wildman–Crippen MR) is 73.9 cm³/mol. The van der Waals surface area contributed by atoms with Crippen LogP contribution in [0.3, 0.4) is 0 Å². The van der Waals surface area contributed by atoms with Crippen molar-refractivity contribution in [2.75, 3.05) is 18.9 Å². The second-order valence-corrected chi connectivity index (χ2v) is 5.31. The van der Waals surface area contributed by atoms with Crippen LogP contribution in [0.5, 0.6) is 0 Å². The minimum atomic E-state index is 0.470. The number of hydrogen-bond acceptors (Lipinski definition) is 3. The maximum atomic E-state index is 5.83. The first kappa shape index (κ1) is 12.9. The average molecular weight is 299 g/mol. The number of anilines is 1. The van der Waals surface area contributed by atoms with Crippen LogP contribution < -0.4 is 11.1 Å². The first-order chi connectivity index (χ1) is 8.25. The molecule has 0 bridgehead atoms. The number of ether oxygens (including phenoxy) is 1. The van der Waals surface area contributed by atoms with Gasteiger partial charge in [-0.3, -0.25) is 0 Å². The lowest BCUT2D eigenvalue weighted by atomic mass is 10.1. The van der Waals surface area contributed by atoms with Crippen LogP contribution in [0.25, 0.3) is 0 Å². The largest absolute Gasteiger partial charge is 0.398 e. The lowest BCUT2D eigenvalue weighted by molar-refractivity contribution is 0.104. The van der Waals surface area contributed by atoms with E-state index in [1.165, 1.54) is 18.4 Å². The van der Waals surface area contributed by atoms with Gasteiger partial charge in [0.2, 0.25) is 0 Å². The van der Waals surface area contributed by atoms with Gasteiger partial charge in [0.1, 0.15) is 0 Å². The highest BCUT2D eigenvalue weighted by Crippen LogP contribution is 2.20. The van der Waals surface area contributed by atoms with E-state index in [4.69, 9.17) is 10.5 Å². The van der Waals surface area contributed by atoms with Gasteiger partial charge in [0.05, 0.1) is 6.10 Å².